The van der Waals surface area contributed by atoms with Gasteiger partial charge in [-0.1, -0.05) is 43.1 Å². The molecule has 2 fully saturated rings. The second-order valence-corrected chi connectivity index (χ2v) is 9.82. The number of nitrogens with zero attached hydrogens (tertiary/aromatic N) is 1. The van der Waals surface area contributed by atoms with Gasteiger partial charge in [-0.25, -0.2) is 0 Å². The first-order valence-electron chi connectivity index (χ1n) is 11.8. The van der Waals surface area contributed by atoms with E-state index in [1.165, 1.54) is 24.8 Å². The van der Waals surface area contributed by atoms with Crippen LogP contribution in [0.15, 0.2) is 30.3 Å². The summed E-state index contributed by atoms with van der Waals surface area (Å²) in [7, 11) is 0. The number of benzene rings is 2. The van der Waals surface area contributed by atoms with Gasteiger partial charge in [0.05, 0.1) is 11.1 Å². The number of rotatable bonds is 7. The van der Waals surface area contributed by atoms with Gasteiger partial charge in [-0.3, -0.25) is 9.69 Å². The molecule has 2 aromatic carbocycles. The molecule has 1 aliphatic heterocycles. The maximum Gasteiger partial charge on any atom is 0.303 e. The van der Waals surface area contributed by atoms with Crippen LogP contribution in [0.25, 0.3) is 10.8 Å². The normalized spacial score (nSPS) is 24.9. The molecule has 1 heterocycles. The molecular formula is C26H34ClNO3. The topological polar surface area (TPSA) is 49.8 Å². The van der Waals surface area contributed by atoms with Crippen molar-refractivity contribution in [3.8, 4) is 5.75 Å². The van der Waals surface area contributed by atoms with Crippen LogP contribution in [0.1, 0.15) is 63.9 Å². The Morgan fingerprint density at radius 3 is 2.65 bits per heavy atom. The van der Waals surface area contributed by atoms with Crippen LogP contribution in [-0.2, 0) is 11.3 Å². The molecule has 2 aromatic rings. The van der Waals surface area contributed by atoms with Gasteiger partial charge in [0, 0.05) is 24.9 Å². The summed E-state index contributed by atoms with van der Waals surface area (Å²) >= 11 is 6.81. The Balaban J connectivity index is 1.45. The summed E-state index contributed by atoms with van der Waals surface area (Å²) < 4.78 is 6.33. The van der Waals surface area contributed by atoms with Gasteiger partial charge in [0.2, 0.25) is 0 Å². The molecule has 4 nitrogen and oxygen atoms in total. The smallest absolute Gasteiger partial charge is 0.303 e. The number of ether oxygens (including phenoxy) is 1. The van der Waals surface area contributed by atoms with Crippen LogP contribution in [0.4, 0.5) is 0 Å². The number of hydrogen-bond acceptors (Lipinski definition) is 3. The molecule has 0 bridgehead atoms. The SMILES string of the molecule is CCC1CCC(Oc2ccc3ccc(CN4CCC[C@H](CC(=O)O)C4)cc3c2Cl)CC1. The molecule has 4 rings (SSSR count). The summed E-state index contributed by atoms with van der Waals surface area (Å²) in [6.45, 7) is 4.97. The molecule has 2 aliphatic rings. The third-order valence-electron chi connectivity index (χ3n) is 7.12. The van der Waals surface area contributed by atoms with Crippen LogP contribution in [0.2, 0.25) is 5.02 Å². The quantitative estimate of drug-likeness (QED) is 0.528. The summed E-state index contributed by atoms with van der Waals surface area (Å²) in [6.07, 6.45) is 8.57. The first-order valence-corrected chi connectivity index (χ1v) is 12.2. The van der Waals surface area contributed by atoms with Crippen molar-refractivity contribution in [2.75, 3.05) is 13.1 Å². The molecule has 0 unspecified atom stereocenters. The molecule has 0 spiro atoms. The second kappa shape index (κ2) is 10.2. The predicted molar refractivity (Wildman–Crippen MR) is 126 cm³/mol. The Morgan fingerprint density at radius 1 is 1.13 bits per heavy atom. The van der Waals surface area contributed by atoms with Crippen molar-refractivity contribution in [1.29, 1.82) is 0 Å². The van der Waals surface area contributed by atoms with E-state index in [1.54, 1.807) is 0 Å². The number of carbonyl (C=O) groups is 1. The fourth-order valence-electron chi connectivity index (χ4n) is 5.30. The van der Waals surface area contributed by atoms with Crippen LogP contribution in [-0.4, -0.2) is 35.2 Å². The molecule has 0 aromatic heterocycles. The first kappa shape index (κ1) is 22.4. The number of hydrogen-bond donors (Lipinski definition) is 1. The number of piperidine rings is 1. The number of carboxylic acid groups (broad SMARTS) is 1. The maximum absolute atomic E-state index is 11.1. The predicted octanol–water partition coefficient (Wildman–Crippen LogP) is 6.53. The lowest BCUT2D eigenvalue weighted by atomic mass is 9.86. The van der Waals surface area contributed by atoms with E-state index in [0.29, 0.717) is 5.02 Å². The van der Waals surface area contributed by atoms with E-state index in [9.17, 15) is 4.79 Å². The van der Waals surface area contributed by atoms with E-state index in [-0.39, 0.29) is 18.4 Å². The maximum atomic E-state index is 11.1. The minimum atomic E-state index is -0.694. The second-order valence-electron chi connectivity index (χ2n) is 9.44. The number of carboxylic acids is 1. The number of halogens is 1. The number of fused-ring (bicyclic) bond motifs is 1. The molecule has 1 N–H and O–H groups in total. The lowest BCUT2D eigenvalue weighted by Gasteiger charge is -2.32. The van der Waals surface area contributed by atoms with Crippen LogP contribution >= 0.6 is 11.6 Å². The largest absolute Gasteiger partial charge is 0.489 e. The van der Waals surface area contributed by atoms with Crippen molar-refractivity contribution in [2.24, 2.45) is 11.8 Å². The Labute approximate surface area is 190 Å². The fraction of sp³-hybridized carbons (Fsp3) is 0.577. The summed E-state index contributed by atoms with van der Waals surface area (Å²) in [6, 6.07) is 10.6. The van der Waals surface area contributed by atoms with Gasteiger partial charge in [0.25, 0.3) is 0 Å². The van der Waals surface area contributed by atoms with Gasteiger partial charge in [-0.2, -0.15) is 0 Å². The summed E-state index contributed by atoms with van der Waals surface area (Å²) in [5, 5.41) is 12.0. The van der Waals surface area contributed by atoms with Gasteiger partial charge < -0.3 is 9.84 Å². The Hall–Kier alpha value is -1.78. The van der Waals surface area contributed by atoms with Crippen LogP contribution < -0.4 is 4.74 Å². The van der Waals surface area contributed by atoms with Crippen molar-refractivity contribution in [3.63, 3.8) is 0 Å². The van der Waals surface area contributed by atoms with E-state index < -0.39 is 5.97 Å². The molecule has 5 heteroatoms. The van der Waals surface area contributed by atoms with E-state index in [2.05, 4.69) is 36.1 Å². The highest BCUT2D eigenvalue weighted by atomic mass is 35.5. The Kier molecular flexibility index (Phi) is 7.39. The lowest BCUT2D eigenvalue weighted by molar-refractivity contribution is -0.138. The highest BCUT2D eigenvalue weighted by Gasteiger charge is 2.23. The van der Waals surface area contributed by atoms with E-state index in [4.69, 9.17) is 21.4 Å². The van der Waals surface area contributed by atoms with Crippen LogP contribution in [0, 0.1) is 11.8 Å². The average Bonchev–Trinajstić information content (AvgIpc) is 2.76. The van der Waals surface area contributed by atoms with Crippen molar-refractivity contribution in [3.05, 3.63) is 40.9 Å². The molecule has 0 amide bonds. The molecule has 168 valence electrons. The van der Waals surface area contributed by atoms with Crippen molar-refractivity contribution < 1.29 is 14.6 Å². The van der Waals surface area contributed by atoms with Gasteiger partial charge in [-0.15, -0.1) is 0 Å². The molecule has 31 heavy (non-hydrogen) atoms. The minimum Gasteiger partial charge on any atom is -0.489 e. The molecule has 1 atom stereocenters. The molecular weight excluding hydrogens is 410 g/mol. The van der Waals surface area contributed by atoms with E-state index in [1.807, 2.05) is 6.07 Å². The summed E-state index contributed by atoms with van der Waals surface area (Å²) in [5.41, 5.74) is 1.21. The van der Waals surface area contributed by atoms with Crippen molar-refractivity contribution in [2.45, 2.75) is 70.9 Å². The van der Waals surface area contributed by atoms with Crippen LogP contribution in [0.5, 0.6) is 5.75 Å². The van der Waals surface area contributed by atoms with Crippen LogP contribution in [0.3, 0.4) is 0 Å². The molecule has 1 aliphatic carbocycles. The monoisotopic (exact) mass is 443 g/mol. The zero-order valence-electron chi connectivity index (χ0n) is 18.5. The lowest BCUT2D eigenvalue weighted by Crippen LogP contribution is -2.35. The first-order chi connectivity index (χ1) is 15.0. The van der Waals surface area contributed by atoms with E-state index in [0.717, 1.165) is 67.8 Å². The van der Waals surface area contributed by atoms with Crippen molar-refractivity contribution in [1.82, 2.24) is 4.90 Å². The van der Waals surface area contributed by atoms with Crippen molar-refractivity contribution >= 4 is 28.3 Å². The standard InChI is InChI=1S/C26H34ClNO3/c1-2-18-6-10-22(11-7-18)31-24-12-9-21-8-5-20(14-23(21)26(24)27)17-28-13-3-4-19(16-28)15-25(29)30/h5,8-9,12,14,18-19,22H,2-4,6-7,10-11,13,15-17H2,1H3,(H,29,30)/t18?,19-,22?/m1/s1. The number of aliphatic carboxylic acids is 1. The third-order valence-corrected chi connectivity index (χ3v) is 7.51. The Morgan fingerprint density at radius 2 is 1.90 bits per heavy atom. The third kappa shape index (κ3) is 5.72. The zero-order chi connectivity index (χ0) is 21.8. The molecule has 0 radical (unpaired) electrons. The van der Waals surface area contributed by atoms with E-state index >= 15 is 0 Å². The fourth-order valence-corrected chi connectivity index (χ4v) is 5.57. The number of likely N-dealkylation sites (tertiary alicyclic amines) is 1. The summed E-state index contributed by atoms with van der Waals surface area (Å²) in [4.78, 5) is 13.5. The van der Waals surface area contributed by atoms with Gasteiger partial charge in [0.1, 0.15) is 5.75 Å². The highest BCUT2D eigenvalue weighted by molar-refractivity contribution is 6.37. The van der Waals surface area contributed by atoms with Gasteiger partial charge in [0.15, 0.2) is 0 Å². The van der Waals surface area contributed by atoms with Gasteiger partial charge >= 0.3 is 5.97 Å². The zero-order valence-corrected chi connectivity index (χ0v) is 19.2. The Bertz CT molecular complexity index is 907. The minimum absolute atomic E-state index is 0.248. The average molecular weight is 444 g/mol. The highest BCUT2D eigenvalue weighted by Crippen LogP contribution is 2.37. The molecule has 1 saturated carbocycles. The van der Waals surface area contributed by atoms with Gasteiger partial charge in [-0.05, 0) is 80.0 Å². The molecule has 1 saturated heterocycles. The summed E-state index contributed by atoms with van der Waals surface area (Å²) in [5.74, 6) is 1.20.